The first kappa shape index (κ1) is 42.9. The van der Waals surface area contributed by atoms with E-state index in [9.17, 15) is 10.2 Å². The van der Waals surface area contributed by atoms with E-state index in [-0.39, 0.29) is 0 Å². The van der Waals surface area contributed by atoms with Crippen molar-refractivity contribution in [1.82, 2.24) is 0 Å². The molecule has 0 heterocycles. The van der Waals surface area contributed by atoms with E-state index in [1.54, 1.807) is 0 Å². The van der Waals surface area contributed by atoms with Gasteiger partial charge in [-0.3, -0.25) is 0 Å². The summed E-state index contributed by atoms with van der Waals surface area (Å²) in [6.45, 7) is 6.85. The third kappa shape index (κ3) is 34.6. The molecule has 0 amide bonds. The van der Waals surface area contributed by atoms with Gasteiger partial charge in [-0.1, -0.05) is 194 Å². The van der Waals surface area contributed by atoms with Crippen LogP contribution in [0.15, 0.2) is 0 Å². The van der Waals surface area contributed by atoms with Gasteiger partial charge in [0.15, 0.2) is 0 Å². The normalized spacial score (nSPS) is 13.1. The molecule has 0 rings (SSSR count). The van der Waals surface area contributed by atoms with Gasteiger partial charge in [-0.25, -0.2) is 0 Å². The first-order valence-electron chi connectivity index (χ1n) is 20.1. The van der Waals surface area contributed by atoms with E-state index in [2.05, 4.69) is 13.8 Å². The summed E-state index contributed by atoms with van der Waals surface area (Å²) in [5, 5.41) is 19.1. The molecular weight excluding hydrogens is 528 g/mol. The van der Waals surface area contributed by atoms with Crippen molar-refractivity contribution in [3.05, 3.63) is 0 Å². The first-order chi connectivity index (χ1) is 21.3. The van der Waals surface area contributed by atoms with Crippen molar-refractivity contribution >= 4 is 0 Å². The number of hydrogen-bond acceptors (Lipinski definition) is 3. The summed E-state index contributed by atoms with van der Waals surface area (Å²) in [6.07, 6.45) is 43.0. The van der Waals surface area contributed by atoms with E-state index >= 15 is 0 Å². The van der Waals surface area contributed by atoms with Crippen LogP contribution in [0.5, 0.6) is 0 Å². The topological polar surface area (TPSA) is 49.7 Å². The lowest BCUT2D eigenvalue weighted by Gasteiger charge is -2.18. The van der Waals surface area contributed by atoms with Crippen LogP contribution in [0.1, 0.15) is 219 Å². The van der Waals surface area contributed by atoms with Crippen molar-refractivity contribution in [2.75, 3.05) is 26.4 Å². The Kier molecular flexibility index (Phi) is 38.0. The minimum absolute atomic E-state index is 0.306. The van der Waals surface area contributed by atoms with Crippen molar-refractivity contribution in [2.24, 2.45) is 11.8 Å². The van der Waals surface area contributed by atoms with E-state index in [1.165, 1.54) is 180 Å². The summed E-state index contributed by atoms with van der Waals surface area (Å²) < 4.78 is 6.06. The SMILES string of the molecule is CCCCCCCCCCCCCCCC(CCO)CCOCCC(CCO)CCCCCCCCCCCCCCC. The van der Waals surface area contributed by atoms with Gasteiger partial charge in [-0.05, 0) is 37.5 Å². The monoisotopic (exact) mass is 611 g/mol. The molecule has 0 aliphatic rings. The molecule has 0 aliphatic carbocycles. The smallest absolute Gasteiger partial charge is 0.0468 e. The summed E-state index contributed by atoms with van der Waals surface area (Å²) in [6, 6.07) is 0. The van der Waals surface area contributed by atoms with E-state index in [1.807, 2.05) is 0 Å². The molecule has 0 aromatic carbocycles. The minimum Gasteiger partial charge on any atom is -0.396 e. The van der Waals surface area contributed by atoms with Gasteiger partial charge >= 0.3 is 0 Å². The van der Waals surface area contributed by atoms with Crippen LogP contribution in [0.3, 0.4) is 0 Å². The van der Waals surface area contributed by atoms with Crippen LogP contribution in [0, 0.1) is 11.8 Å². The summed E-state index contributed by atoms with van der Waals surface area (Å²) in [4.78, 5) is 0. The second-order valence-corrected chi connectivity index (χ2v) is 14.0. The summed E-state index contributed by atoms with van der Waals surface area (Å²) in [5.74, 6) is 1.22. The van der Waals surface area contributed by atoms with Gasteiger partial charge in [0.2, 0.25) is 0 Å². The maximum Gasteiger partial charge on any atom is 0.0468 e. The van der Waals surface area contributed by atoms with Gasteiger partial charge in [0.1, 0.15) is 0 Å². The van der Waals surface area contributed by atoms with Crippen LogP contribution in [0.2, 0.25) is 0 Å². The number of aliphatic hydroxyl groups excluding tert-OH is 2. The van der Waals surface area contributed by atoms with Crippen LogP contribution >= 0.6 is 0 Å². The number of hydrogen-bond donors (Lipinski definition) is 2. The lowest BCUT2D eigenvalue weighted by Crippen LogP contribution is -2.11. The molecule has 3 nitrogen and oxygen atoms in total. The molecule has 43 heavy (non-hydrogen) atoms. The highest BCUT2D eigenvalue weighted by Gasteiger charge is 2.11. The predicted molar refractivity (Wildman–Crippen MR) is 191 cm³/mol. The van der Waals surface area contributed by atoms with Crippen molar-refractivity contribution < 1.29 is 14.9 Å². The average molecular weight is 611 g/mol. The Morgan fingerprint density at radius 1 is 0.326 bits per heavy atom. The van der Waals surface area contributed by atoms with Crippen molar-refractivity contribution in [3.63, 3.8) is 0 Å². The Morgan fingerprint density at radius 3 is 0.837 bits per heavy atom. The zero-order chi connectivity index (χ0) is 31.3. The van der Waals surface area contributed by atoms with Crippen LogP contribution in [0.4, 0.5) is 0 Å². The fraction of sp³-hybridized carbons (Fsp3) is 1.00. The van der Waals surface area contributed by atoms with Crippen molar-refractivity contribution in [3.8, 4) is 0 Å². The molecule has 0 saturated heterocycles. The molecule has 0 aromatic rings. The minimum atomic E-state index is 0.306. The van der Waals surface area contributed by atoms with Crippen LogP contribution in [0.25, 0.3) is 0 Å². The first-order valence-corrected chi connectivity index (χ1v) is 20.1. The molecule has 0 spiro atoms. The number of rotatable bonds is 38. The molecule has 2 atom stereocenters. The van der Waals surface area contributed by atoms with Gasteiger partial charge in [0.25, 0.3) is 0 Å². The average Bonchev–Trinajstić information content (AvgIpc) is 3.01. The second-order valence-electron chi connectivity index (χ2n) is 14.0. The Balaban J connectivity index is 3.67. The fourth-order valence-corrected chi connectivity index (χ4v) is 6.73. The van der Waals surface area contributed by atoms with Gasteiger partial charge in [-0.2, -0.15) is 0 Å². The quantitative estimate of drug-likeness (QED) is 0.0684. The highest BCUT2D eigenvalue weighted by atomic mass is 16.5. The summed E-state index contributed by atoms with van der Waals surface area (Å²) in [5.41, 5.74) is 0. The molecule has 260 valence electrons. The van der Waals surface area contributed by atoms with E-state index < -0.39 is 0 Å². The molecule has 0 saturated carbocycles. The highest BCUT2D eigenvalue weighted by molar-refractivity contribution is 4.62. The molecule has 3 heteroatoms. The van der Waals surface area contributed by atoms with Gasteiger partial charge < -0.3 is 14.9 Å². The van der Waals surface area contributed by atoms with Crippen molar-refractivity contribution in [2.45, 2.75) is 219 Å². The molecular formula is C40H82O3. The summed E-state index contributed by atoms with van der Waals surface area (Å²) >= 11 is 0. The third-order valence-corrected chi connectivity index (χ3v) is 9.85. The van der Waals surface area contributed by atoms with Gasteiger partial charge in [-0.15, -0.1) is 0 Å². The molecule has 0 fully saturated rings. The van der Waals surface area contributed by atoms with Crippen LogP contribution in [-0.2, 0) is 4.74 Å². The molecule has 2 N–H and O–H groups in total. The second kappa shape index (κ2) is 38.1. The maximum atomic E-state index is 9.53. The molecule has 0 radical (unpaired) electrons. The zero-order valence-corrected chi connectivity index (χ0v) is 29.9. The molecule has 0 bridgehead atoms. The summed E-state index contributed by atoms with van der Waals surface area (Å²) in [7, 11) is 0. The largest absolute Gasteiger partial charge is 0.396 e. The van der Waals surface area contributed by atoms with Crippen LogP contribution in [-0.4, -0.2) is 36.6 Å². The number of unbranched alkanes of at least 4 members (excludes halogenated alkanes) is 24. The lowest BCUT2D eigenvalue weighted by atomic mass is 9.94. The Hall–Kier alpha value is -0.120. The Morgan fingerprint density at radius 2 is 0.581 bits per heavy atom. The maximum absolute atomic E-state index is 9.53. The third-order valence-electron chi connectivity index (χ3n) is 9.85. The number of ether oxygens (including phenoxy) is 1. The van der Waals surface area contributed by atoms with Crippen molar-refractivity contribution in [1.29, 1.82) is 0 Å². The zero-order valence-electron chi connectivity index (χ0n) is 29.9. The van der Waals surface area contributed by atoms with Gasteiger partial charge in [0, 0.05) is 26.4 Å². The lowest BCUT2D eigenvalue weighted by molar-refractivity contribution is 0.0960. The van der Waals surface area contributed by atoms with E-state index in [0.717, 1.165) is 38.9 Å². The standard InChI is InChI=1S/C40H82O3/c1-3-5-7-9-11-13-15-17-19-21-23-25-27-29-39(31-35-41)33-37-43-38-34-40(32-36-42)30-28-26-24-22-20-18-16-14-12-10-8-6-4-2/h39-42H,3-38H2,1-2H3. The molecule has 0 aliphatic heterocycles. The fourth-order valence-electron chi connectivity index (χ4n) is 6.73. The van der Waals surface area contributed by atoms with E-state index in [4.69, 9.17) is 4.74 Å². The van der Waals surface area contributed by atoms with Gasteiger partial charge in [0.05, 0.1) is 0 Å². The Labute approximate surface area is 272 Å². The van der Waals surface area contributed by atoms with Crippen LogP contribution < -0.4 is 0 Å². The highest BCUT2D eigenvalue weighted by Crippen LogP contribution is 2.21. The molecule has 0 aromatic heterocycles. The molecule has 2 unspecified atom stereocenters. The van der Waals surface area contributed by atoms with E-state index in [0.29, 0.717) is 25.0 Å². The predicted octanol–water partition coefficient (Wildman–Crippen LogP) is 12.7. The number of aliphatic hydroxyl groups is 2. The Bertz CT molecular complexity index is 440.